The Bertz CT molecular complexity index is 304. The zero-order valence-corrected chi connectivity index (χ0v) is 6.07. The predicted octanol–water partition coefficient (Wildman–Crippen LogP) is 1.87. The van der Waals surface area contributed by atoms with Crippen molar-refractivity contribution in [2.75, 3.05) is 0 Å². The second kappa shape index (κ2) is 2.66. The predicted molar refractivity (Wildman–Crippen MR) is 46.9 cm³/mol. The Morgan fingerprint density at radius 3 is 3.27 bits per heavy atom. The van der Waals surface area contributed by atoms with Gasteiger partial charge in [0.1, 0.15) is 0 Å². The van der Waals surface area contributed by atoms with Crippen molar-refractivity contribution in [1.29, 1.82) is 0 Å². The van der Waals surface area contributed by atoms with Crippen molar-refractivity contribution in [2.45, 2.75) is 6.42 Å². The Morgan fingerprint density at radius 2 is 2.27 bits per heavy atom. The van der Waals surface area contributed by atoms with Gasteiger partial charge in [-0.2, -0.15) is 0 Å². The summed E-state index contributed by atoms with van der Waals surface area (Å²) in [5.41, 5.74) is 2.13. The molecule has 0 saturated carbocycles. The second-order valence-electron chi connectivity index (χ2n) is 2.39. The van der Waals surface area contributed by atoms with Gasteiger partial charge in [-0.25, -0.2) is 0 Å². The van der Waals surface area contributed by atoms with Crippen molar-refractivity contribution in [3.8, 4) is 0 Å². The van der Waals surface area contributed by atoms with E-state index in [-0.39, 0.29) is 0 Å². The van der Waals surface area contributed by atoms with Gasteiger partial charge in [-0.15, -0.1) is 0 Å². The van der Waals surface area contributed by atoms with Crippen molar-refractivity contribution in [3.05, 3.63) is 36.2 Å². The van der Waals surface area contributed by atoms with Gasteiger partial charge in [-0.3, -0.25) is 9.98 Å². The van der Waals surface area contributed by atoms with Crippen molar-refractivity contribution >= 4 is 11.9 Å². The van der Waals surface area contributed by atoms with E-state index in [2.05, 4.69) is 22.1 Å². The highest BCUT2D eigenvalue weighted by atomic mass is 14.8. The van der Waals surface area contributed by atoms with Crippen LogP contribution in [0.15, 0.2) is 46.2 Å². The summed E-state index contributed by atoms with van der Waals surface area (Å²) in [6, 6.07) is 0. The van der Waals surface area contributed by atoms with Gasteiger partial charge < -0.3 is 0 Å². The van der Waals surface area contributed by atoms with Crippen LogP contribution >= 0.6 is 0 Å². The number of rotatable bonds is 0. The van der Waals surface area contributed by atoms with Crippen LogP contribution in [0.1, 0.15) is 6.42 Å². The van der Waals surface area contributed by atoms with E-state index < -0.39 is 0 Å². The summed E-state index contributed by atoms with van der Waals surface area (Å²) in [7, 11) is 0. The third-order valence-electron chi connectivity index (χ3n) is 1.63. The number of hydrogen-bond acceptors (Lipinski definition) is 2. The fourth-order valence-corrected chi connectivity index (χ4v) is 1.09. The van der Waals surface area contributed by atoms with Crippen LogP contribution in [0.3, 0.4) is 0 Å². The molecule has 0 aromatic carbocycles. The van der Waals surface area contributed by atoms with Crippen LogP contribution in [0.2, 0.25) is 0 Å². The van der Waals surface area contributed by atoms with E-state index in [1.807, 2.05) is 12.3 Å². The number of aliphatic imine (C=N–C) groups is 2. The number of allylic oxidation sites excluding steroid dienone is 4. The molecule has 1 aliphatic heterocycles. The lowest BCUT2D eigenvalue weighted by Gasteiger charge is -2.03. The summed E-state index contributed by atoms with van der Waals surface area (Å²) < 4.78 is 0. The molecule has 1 heterocycles. The zero-order chi connectivity index (χ0) is 7.52. The number of fused-ring (bicyclic) bond motifs is 1. The Balaban J connectivity index is 2.44. The Morgan fingerprint density at radius 1 is 1.27 bits per heavy atom. The maximum Gasteiger partial charge on any atom is 0.0711 e. The summed E-state index contributed by atoms with van der Waals surface area (Å²) in [6.45, 7) is 0. The van der Waals surface area contributed by atoms with Crippen LogP contribution < -0.4 is 0 Å². The summed E-state index contributed by atoms with van der Waals surface area (Å²) in [5, 5.41) is 0. The lowest BCUT2D eigenvalue weighted by molar-refractivity contribution is 1.36. The second-order valence-corrected chi connectivity index (χ2v) is 2.39. The van der Waals surface area contributed by atoms with E-state index in [1.165, 1.54) is 0 Å². The molecule has 0 bridgehead atoms. The molecule has 0 radical (unpaired) electrons. The molecule has 0 unspecified atom stereocenters. The first-order chi connectivity index (χ1) is 5.47. The summed E-state index contributed by atoms with van der Waals surface area (Å²) in [6.07, 6.45) is 12.5. The van der Waals surface area contributed by atoms with Gasteiger partial charge in [0, 0.05) is 24.2 Å². The van der Waals surface area contributed by atoms with Crippen LogP contribution in [0, 0.1) is 0 Å². The van der Waals surface area contributed by atoms with Gasteiger partial charge >= 0.3 is 0 Å². The molecule has 2 rings (SSSR count). The molecule has 0 aromatic heterocycles. The summed E-state index contributed by atoms with van der Waals surface area (Å²) >= 11 is 0. The molecule has 54 valence electrons. The summed E-state index contributed by atoms with van der Waals surface area (Å²) in [5.74, 6) is 0. The molecule has 0 N–H and O–H groups in total. The molecule has 2 heteroatoms. The van der Waals surface area contributed by atoms with Crippen molar-refractivity contribution in [1.82, 2.24) is 0 Å². The fourth-order valence-electron chi connectivity index (χ4n) is 1.09. The number of nitrogens with zero attached hydrogens (tertiary/aromatic N) is 2. The van der Waals surface area contributed by atoms with Gasteiger partial charge in [0.25, 0.3) is 0 Å². The minimum Gasteiger partial charge on any atom is -0.262 e. The van der Waals surface area contributed by atoms with E-state index in [0.29, 0.717) is 0 Å². The average molecular weight is 144 g/mol. The normalized spacial score (nSPS) is 20.4. The molecule has 0 aromatic rings. The number of hydrogen-bond donors (Lipinski definition) is 0. The smallest absolute Gasteiger partial charge is 0.0711 e. The van der Waals surface area contributed by atoms with Gasteiger partial charge in [-0.05, 0) is 12.5 Å². The Kier molecular flexibility index (Phi) is 1.52. The van der Waals surface area contributed by atoms with Crippen molar-refractivity contribution in [3.63, 3.8) is 0 Å². The van der Waals surface area contributed by atoms with E-state index in [4.69, 9.17) is 0 Å². The monoisotopic (exact) mass is 144 g/mol. The van der Waals surface area contributed by atoms with Crippen LogP contribution in [-0.4, -0.2) is 11.9 Å². The Hall–Kier alpha value is -1.44. The van der Waals surface area contributed by atoms with Gasteiger partial charge in [0.15, 0.2) is 0 Å². The van der Waals surface area contributed by atoms with Gasteiger partial charge in [0.2, 0.25) is 0 Å². The maximum absolute atomic E-state index is 4.20. The molecule has 2 aliphatic rings. The lowest BCUT2D eigenvalue weighted by Crippen LogP contribution is -2.02. The molecular weight excluding hydrogens is 136 g/mol. The van der Waals surface area contributed by atoms with Crippen LogP contribution in [0.5, 0.6) is 0 Å². The molecule has 0 saturated heterocycles. The highest BCUT2D eigenvalue weighted by Gasteiger charge is 2.04. The standard InChI is InChI=1S/C9H8N2/c1-2-4-9-8(3-1)7-10-5-6-11-9/h2-7H,1H2. The van der Waals surface area contributed by atoms with E-state index >= 15 is 0 Å². The minimum atomic E-state index is 0.986. The van der Waals surface area contributed by atoms with Gasteiger partial charge in [-0.1, -0.05) is 12.2 Å². The fraction of sp³-hybridized carbons (Fsp3) is 0.111. The molecule has 1 aliphatic carbocycles. The van der Waals surface area contributed by atoms with Crippen LogP contribution in [0.4, 0.5) is 0 Å². The molecule has 0 atom stereocenters. The quantitative estimate of drug-likeness (QED) is 0.496. The molecule has 2 nitrogen and oxygen atoms in total. The summed E-state index contributed by atoms with van der Waals surface area (Å²) in [4.78, 5) is 8.23. The zero-order valence-electron chi connectivity index (χ0n) is 6.07. The van der Waals surface area contributed by atoms with Crippen molar-refractivity contribution in [2.24, 2.45) is 9.98 Å². The van der Waals surface area contributed by atoms with Crippen molar-refractivity contribution < 1.29 is 0 Å². The van der Waals surface area contributed by atoms with E-state index in [0.717, 1.165) is 17.7 Å². The molecule has 0 spiro atoms. The maximum atomic E-state index is 4.20. The molecular formula is C9H8N2. The van der Waals surface area contributed by atoms with Crippen LogP contribution in [0.25, 0.3) is 0 Å². The molecule has 0 fully saturated rings. The minimum absolute atomic E-state index is 0.986. The SMILES string of the molecule is C1=CC2=NC=CN=CC2=CC1. The average Bonchev–Trinajstić information content (AvgIpc) is 2.28. The van der Waals surface area contributed by atoms with Gasteiger partial charge in [0.05, 0.1) is 5.71 Å². The molecule has 0 amide bonds. The van der Waals surface area contributed by atoms with E-state index in [1.54, 1.807) is 12.4 Å². The van der Waals surface area contributed by atoms with Crippen LogP contribution in [-0.2, 0) is 0 Å². The highest BCUT2D eigenvalue weighted by Crippen LogP contribution is 2.09. The lowest BCUT2D eigenvalue weighted by atomic mass is 10.1. The highest BCUT2D eigenvalue weighted by molar-refractivity contribution is 6.22. The first kappa shape index (κ1) is 6.28. The third kappa shape index (κ3) is 1.19. The first-order valence-corrected chi connectivity index (χ1v) is 3.60. The van der Waals surface area contributed by atoms with E-state index in [9.17, 15) is 0 Å². The Labute approximate surface area is 65.4 Å². The largest absolute Gasteiger partial charge is 0.262 e. The first-order valence-electron chi connectivity index (χ1n) is 3.60. The topological polar surface area (TPSA) is 24.7 Å². The third-order valence-corrected chi connectivity index (χ3v) is 1.63. The molecule has 11 heavy (non-hydrogen) atoms.